The fourth-order valence-electron chi connectivity index (χ4n) is 2.60. The van der Waals surface area contributed by atoms with E-state index in [-0.39, 0.29) is 11.7 Å². The highest BCUT2D eigenvalue weighted by Gasteiger charge is 2.07. The highest BCUT2D eigenvalue weighted by Crippen LogP contribution is 2.13. The molecule has 1 aromatic heterocycles. The monoisotopic (exact) mass is 359 g/mol. The van der Waals surface area contributed by atoms with Crippen molar-refractivity contribution in [1.82, 2.24) is 4.98 Å². The summed E-state index contributed by atoms with van der Waals surface area (Å²) in [4.78, 5) is 27.9. The van der Waals surface area contributed by atoms with Gasteiger partial charge in [-0.2, -0.15) is 0 Å². The Morgan fingerprint density at radius 2 is 1.59 bits per heavy atom. The zero-order valence-corrected chi connectivity index (χ0v) is 15.1. The second-order valence-corrected chi connectivity index (χ2v) is 6.18. The summed E-state index contributed by atoms with van der Waals surface area (Å²) in [5, 5.41) is 6.05. The van der Waals surface area contributed by atoms with E-state index in [2.05, 4.69) is 27.8 Å². The van der Waals surface area contributed by atoms with Crippen molar-refractivity contribution in [2.24, 2.45) is 0 Å². The minimum absolute atomic E-state index is 0.00701. The van der Waals surface area contributed by atoms with Gasteiger partial charge in [-0.1, -0.05) is 30.3 Å². The molecule has 2 N–H and O–H groups in total. The number of Topliss-reactive ketones (excluding diaryl/α,β-unsaturated/α-hetero) is 1. The normalized spacial score (nSPS) is 10.3. The number of pyridine rings is 1. The first kappa shape index (κ1) is 18.3. The molecule has 0 aliphatic carbocycles. The van der Waals surface area contributed by atoms with Gasteiger partial charge in [0, 0.05) is 24.0 Å². The lowest BCUT2D eigenvalue weighted by Crippen LogP contribution is -2.13. The molecule has 1 amide bonds. The van der Waals surface area contributed by atoms with Crippen LogP contribution in [0.5, 0.6) is 0 Å². The molecular weight excluding hydrogens is 338 g/mol. The number of rotatable bonds is 7. The van der Waals surface area contributed by atoms with Crippen molar-refractivity contribution in [2.45, 2.75) is 13.3 Å². The number of amides is 1. The molecule has 1 heterocycles. The van der Waals surface area contributed by atoms with Crippen molar-refractivity contribution >= 4 is 23.2 Å². The summed E-state index contributed by atoms with van der Waals surface area (Å²) in [6, 6.07) is 20.5. The largest absolute Gasteiger partial charge is 0.370 e. The number of ketones is 1. The van der Waals surface area contributed by atoms with Crippen molar-refractivity contribution in [1.29, 1.82) is 0 Å². The maximum absolute atomic E-state index is 12.3. The lowest BCUT2D eigenvalue weighted by molar-refractivity contribution is 0.101. The van der Waals surface area contributed by atoms with Crippen molar-refractivity contribution in [3.05, 3.63) is 89.6 Å². The number of nitrogens with zero attached hydrogens (tertiary/aromatic N) is 1. The van der Waals surface area contributed by atoms with E-state index >= 15 is 0 Å². The molecule has 5 heteroatoms. The van der Waals surface area contributed by atoms with Gasteiger partial charge in [-0.05, 0) is 55.3 Å². The lowest BCUT2D eigenvalue weighted by atomic mass is 10.1. The van der Waals surface area contributed by atoms with Crippen LogP contribution in [-0.4, -0.2) is 23.2 Å². The van der Waals surface area contributed by atoms with Gasteiger partial charge in [0.25, 0.3) is 5.91 Å². The van der Waals surface area contributed by atoms with Crippen LogP contribution in [0.15, 0.2) is 72.9 Å². The minimum atomic E-state index is -0.242. The lowest BCUT2D eigenvalue weighted by Gasteiger charge is -2.08. The van der Waals surface area contributed by atoms with Crippen LogP contribution in [0, 0.1) is 0 Å². The van der Waals surface area contributed by atoms with Gasteiger partial charge in [-0.25, -0.2) is 4.98 Å². The van der Waals surface area contributed by atoms with E-state index in [1.807, 2.05) is 18.2 Å². The Morgan fingerprint density at radius 3 is 2.22 bits per heavy atom. The van der Waals surface area contributed by atoms with Gasteiger partial charge in [0.05, 0.1) is 5.56 Å². The van der Waals surface area contributed by atoms with Crippen LogP contribution in [0.4, 0.5) is 11.5 Å². The standard InChI is InChI=1S/C22H21N3O2/c1-16(26)18-7-10-20(11-8-18)25-22(27)19-9-12-21(24-15-19)23-14-13-17-5-3-2-4-6-17/h2-12,15H,13-14H2,1H3,(H,23,24)(H,25,27). The van der Waals surface area contributed by atoms with Crippen LogP contribution in [0.1, 0.15) is 33.2 Å². The predicted molar refractivity (Wildman–Crippen MR) is 107 cm³/mol. The smallest absolute Gasteiger partial charge is 0.257 e. The third-order valence-electron chi connectivity index (χ3n) is 4.14. The Hall–Kier alpha value is -3.47. The van der Waals surface area contributed by atoms with Crippen molar-refractivity contribution in [2.75, 3.05) is 17.2 Å². The van der Waals surface area contributed by atoms with E-state index in [1.165, 1.54) is 12.5 Å². The molecular formula is C22H21N3O2. The second kappa shape index (κ2) is 8.76. The maximum Gasteiger partial charge on any atom is 0.257 e. The molecule has 3 rings (SSSR count). The van der Waals surface area contributed by atoms with Crippen LogP contribution < -0.4 is 10.6 Å². The zero-order valence-electron chi connectivity index (χ0n) is 15.1. The molecule has 0 aliphatic rings. The SMILES string of the molecule is CC(=O)c1ccc(NC(=O)c2ccc(NCCc3ccccc3)nc2)cc1. The van der Waals surface area contributed by atoms with Crippen LogP contribution in [0.3, 0.4) is 0 Å². The van der Waals surface area contributed by atoms with E-state index in [4.69, 9.17) is 0 Å². The Balaban J connectivity index is 1.53. The summed E-state index contributed by atoms with van der Waals surface area (Å²) in [5.74, 6) is 0.481. The molecule has 3 aromatic rings. The number of aromatic nitrogens is 1. The Labute approximate surface area is 158 Å². The van der Waals surface area contributed by atoms with E-state index in [0.29, 0.717) is 16.8 Å². The topological polar surface area (TPSA) is 71.1 Å². The highest BCUT2D eigenvalue weighted by atomic mass is 16.1. The fourth-order valence-corrected chi connectivity index (χ4v) is 2.60. The van der Waals surface area contributed by atoms with Gasteiger partial charge < -0.3 is 10.6 Å². The van der Waals surface area contributed by atoms with Crippen LogP contribution in [-0.2, 0) is 6.42 Å². The summed E-state index contributed by atoms with van der Waals surface area (Å²) in [7, 11) is 0. The molecule has 0 aliphatic heterocycles. The molecule has 136 valence electrons. The highest BCUT2D eigenvalue weighted by molar-refractivity contribution is 6.04. The van der Waals surface area contributed by atoms with Gasteiger partial charge >= 0.3 is 0 Å². The van der Waals surface area contributed by atoms with E-state index in [9.17, 15) is 9.59 Å². The zero-order chi connectivity index (χ0) is 19.1. The van der Waals surface area contributed by atoms with Gasteiger partial charge in [-0.15, -0.1) is 0 Å². The molecule has 0 spiro atoms. The summed E-state index contributed by atoms with van der Waals surface area (Å²) in [6.45, 7) is 2.28. The number of carbonyl (C=O) groups excluding carboxylic acids is 2. The Morgan fingerprint density at radius 1 is 0.889 bits per heavy atom. The second-order valence-electron chi connectivity index (χ2n) is 6.18. The first-order valence-corrected chi connectivity index (χ1v) is 8.78. The Kier molecular flexibility index (Phi) is 5.94. The molecule has 27 heavy (non-hydrogen) atoms. The fraction of sp³-hybridized carbons (Fsp3) is 0.136. The first-order chi connectivity index (χ1) is 13.1. The summed E-state index contributed by atoms with van der Waals surface area (Å²) in [6.07, 6.45) is 2.45. The van der Waals surface area contributed by atoms with Gasteiger partial charge in [0.15, 0.2) is 5.78 Å². The molecule has 0 atom stereocenters. The molecule has 0 bridgehead atoms. The third-order valence-corrected chi connectivity index (χ3v) is 4.14. The van der Waals surface area contributed by atoms with Crippen LogP contribution in [0.25, 0.3) is 0 Å². The van der Waals surface area contributed by atoms with Crippen molar-refractivity contribution in [3.8, 4) is 0 Å². The molecule has 0 fully saturated rings. The molecule has 0 saturated heterocycles. The van der Waals surface area contributed by atoms with Gasteiger partial charge in [0.2, 0.25) is 0 Å². The predicted octanol–water partition coefficient (Wildman–Crippen LogP) is 4.19. The van der Waals surface area contributed by atoms with Gasteiger partial charge in [0.1, 0.15) is 5.82 Å². The van der Waals surface area contributed by atoms with Crippen LogP contribution in [0.2, 0.25) is 0 Å². The van der Waals surface area contributed by atoms with E-state index < -0.39 is 0 Å². The maximum atomic E-state index is 12.3. The first-order valence-electron chi connectivity index (χ1n) is 8.78. The number of hydrogen-bond acceptors (Lipinski definition) is 4. The molecule has 0 radical (unpaired) electrons. The molecule has 2 aromatic carbocycles. The van der Waals surface area contributed by atoms with E-state index in [1.54, 1.807) is 42.6 Å². The average molecular weight is 359 g/mol. The number of anilines is 2. The van der Waals surface area contributed by atoms with Crippen LogP contribution >= 0.6 is 0 Å². The number of hydrogen-bond donors (Lipinski definition) is 2. The summed E-state index contributed by atoms with van der Waals surface area (Å²) < 4.78 is 0. The molecule has 0 saturated carbocycles. The summed E-state index contributed by atoms with van der Waals surface area (Å²) >= 11 is 0. The van der Waals surface area contributed by atoms with E-state index in [0.717, 1.165) is 18.8 Å². The quantitative estimate of drug-likeness (QED) is 0.621. The molecule has 0 unspecified atom stereocenters. The van der Waals surface area contributed by atoms with Gasteiger partial charge in [-0.3, -0.25) is 9.59 Å². The number of carbonyl (C=O) groups is 2. The van der Waals surface area contributed by atoms with Crippen molar-refractivity contribution < 1.29 is 9.59 Å². The number of nitrogens with one attached hydrogen (secondary N) is 2. The molecule has 5 nitrogen and oxygen atoms in total. The minimum Gasteiger partial charge on any atom is -0.370 e. The third kappa shape index (κ3) is 5.25. The average Bonchev–Trinajstić information content (AvgIpc) is 2.70. The number of benzene rings is 2. The summed E-state index contributed by atoms with van der Waals surface area (Å²) in [5.41, 5.74) is 2.98. The Bertz CT molecular complexity index is 905. The van der Waals surface area contributed by atoms with Crippen molar-refractivity contribution in [3.63, 3.8) is 0 Å².